The molecule has 6 heteroatoms. The number of aromatic carboxylic acids is 1. The Bertz CT molecular complexity index is 728. The molecule has 0 bridgehead atoms. The van der Waals surface area contributed by atoms with E-state index in [1.165, 1.54) is 0 Å². The highest BCUT2D eigenvalue weighted by molar-refractivity contribution is 5.88. The summed E-state index contributed by atoms with van der Waals surface area (Å²) >= 11 is 0. The Hall–Kier alpha value is -2.47. The number of carboxylic acids is 1. The SMILES string of the molecule is Cc1nc(CC2CCNCC2)nc(C(=O)O)c1OCc1ccccc1. The lowest BCUT2D eigenvalue weighted by atomic mass is 9.94. The van der Waals surface area contributed by atoms with Crippen LogP contribution in [0, 0.1) is 12.8 Å². The fraction of sp³-hybridized carbons (Fsp3) is 0.421. The zero-order valence-corrected chi connectivity index (χ0v) is 14.4. The molecule has 25 heavy (non-hydrogen) atoms. The smallest absolute Gasteiger partial charge is 0.358 e. The van der Waals surface area contributed by atoms with Gasteiger partial charge in [-0.25, -0.2) is 14.8 Å². The molecule has 0 spiro atoms. The van der Waals surface area contributed by atoms with Crippen molar-refractivity contribution in [3.8, 4) is 5.75 Å². The molecule has 0 unspecified atom stereocenters. The van der Waals surface area contributed by atoms with E-state index in [1.807, 2.05) is 30.3 Å². The van der Waals surface area contributed by atoms with Gasteiger partial charge in [0.2, 0.25) is 0 Å². The highest BCUT2D eigenvalue weighted by Crippen LogP contribution is 2.24. The van der Waals surface area contributed by atoms with Gasteiger partial charge in [0.1, 0.15) is 12.4 Å². The minimum Gasteiger partial charge on any atom is -0.484 e. The molecule has 6 nitrogen and oxygen atoms in total. The molecule has 132 valence electrons. The Kier molecular flexibility index (Phi) is 5.60. The molecule has 1 aromatic heterocycles. The first-order valence-corrected chi connectivity index (χ1v) is 8.61. The van der Waals surface area contributed by atoms with Gasteiger partial charge in [-0.1, -0.05) is 30.3 Å². The van der Waals surface area contributed by atoms with Crippen LogP contribution in [0.3, 0.4) is 0 Å². The molecule has 1 fully saturated rings. The highest BCUT2D eigenvalue weighted by Gasteiger charge is 2.21. The van der Waals surface area contributed by atoms with E-state index in [2.05, 4.69) is 15.3 Å². The summed E-state index contributed by atoms with van der Waals surface area (Å²) in [7, 11) is 0. The number of aromatic nitrogens is 2. The first-order chi connectivity index (χ1) is 12.1. The lowest BCUT2D eigenvalue weighted by Crippen LogP contribution is -2.29. The van der Waals surface area contributed by atoms with Gasteiger partial charge in [-0.3, -0.25) is 0 Å². The summed E-state index contributed by atoms with van der Waals surface area (Å²) in [6.07, 6.45) is 2.84. The number of carbonyl (C=O) groups is 1. The molecule has 1 saturated heterocycles. The van der Waals surface area contributed by atoms with Crippen LogP contribution in [0.5, 0.6) is 5.75 Å². The van der Waals surface area contributed by atoms with Gasteiger partial charge < -0.3 is 15.2 Å². The van der Waals surface area contributed by atoms with Crippen LogP contribution in [-0.4, -0.2) is 34.1 Å². The summed E-state index contributed by atoms with van der Waals surface area (Å²) in [4.78, 5) is 20.4. The number of hydrogen-bond acceptors (Lipinski definition) is 5. The van der Waals surface area contributed by atoms with Gasteiger partial charge in [0, 0.05) is 6.42 Å². The van der Waals surface area contributed by atoms with E-state index >= 15 is 0 Å². The van der Waals surface area contributed by atoms with Gasteiger partial charge in [0.05, 0.1) is 5.69 Å². The van der Waals surface area contributed by atoms with Crippen molar-refractivity contribution in [2.45, 2.75) is 32.8 Å². The van der Waals surface area contributed by atoms with E-state index in [0.717, 1.165) is 31.5 Å². The van der Waals surface area contributed by atoms with Crippen LogP contribution in [0.25, 0.3) is 0 Å². The fourth-order valence-corrected chi connectivity index (χ4v) is 3.10. The van der Waals surface area contributed by atoms with E-state index < -0.39 is 5.97 Å². The van der Waals surface area contributed by atoms with Crippen LogP contribution in [0.2, 0.25) is 0 Å². The Morgan fingerprint density at radius 2 is 1.96 bits per heavy atom. The number of nitrogens with zero attached hydrogens (tertiary/aromatic N) is 2. The second kappa shape index (κ2) is 8.07. The molecule has 0 amide bonds. The Balaban J connectivity index is 1.78. The van der Waals surface area contributed by atoms with Crippen molar-refractivity contribution in [2.75, 3.05) is 13.1 Å². The van der Waals surface area contributed by atoms with Gasteiger partial charge in [-0.15, -0.1) is 0 Å². The first kappa shape index (κ1) is 17.4. The summed E-state index contributed by atoms with van der Waals surface area (Å²) in [5.41, 5.74) is 1.50. The average molecular weight is 341 g/mol. The molecule has 0 aliphatic carbocycles. The van der Waals surface area contributed by atoms with E-state index in [0.29, 0.717) is 30.5 Å². The van der Waals surface area contributed by atoms with Gasteiger partial charge >= 0.3 is 5.97 Å². The maximum absolute atomic E-state index is 11.6. The van der Waals surface area contributed by atoms with Crippen molar-refractivity contribution in [3.05, 3.63) is 53.1 Å². The van der Waals surface area contributed by atoms with Crippen molar-refractivity contribution < 1.29 is 14.6 Å². The lowest BCUT2D eigenvalue weighted by molar-refractivity contribution is 0.0683. The maximum atomic E-state index is 11.6. The zero-order valence-electron chi connectivity index (χ0n) is 14.4. The summed E-state index contributed by atoms with van der Waals surface area (Å²) < 4.78 is 5.74. The summed E-state index contributed by atoms with van der Waals surface area (Å²) in [6.45, 7) is 4.06. The minimum absolute atomic E-state index is 0.0487. The zero-order chi connectivity index (χ0) is 17.6. The van der Waals surface area contributed by atoms with E-state index in [9.17, 15) is 9.90 Å². The number of aryl methyl sites for hydroxylation is 1. The lowest BCUT2D eigenvalue weighted by Gasteiger charge is -2.22. The van der Waals surface area contributed by atoms with Crippen molar-refractivity contribution in [1.29, 1.82) is 0 Å². The van der Waals surface area contributed by atoms with Crippen LogP contribution in [0.1, 0.15) is 40.4 Å². The van der Waals surface area contributed by atoms with Gasteiger partial charge in [0.15, 0.2) is 11.4 Å². The topological polar surface area (TPSA) is 84.3 Å². The molecular formula is C19H23N3O3. The van der Waals surface area contributed by atoms with Crippen molar-refractivity contribution >= 4 is 5.97 Å². The quantitative estimate of drug-likeness (QED) is 0.840. The maximum Gasteiger partial charge on any atom is 0.358 e. The van der Waals surface area contributed by atoms with Crippen LogP contribution >= 0.6 is 0 Å². The number of benzene rings is 1. The molecule has 2 aromatic rings. The second-order valence-electron chi connectivity index (χ2n) is 6.38. The minimum atomic E-state index is -1.08. The van der Waals surface area contributed by atoms with E-state index in [4.69, 9.17) is 4.74 Å². The van der Waals surface area contributed by atoms with Crippen LogP contribution in [0.15, 0.2) is 30.3 Å². The van der Waals surface area contributed by atoms with Gasteiger partial charge in [-0.05, 0) is 44.3 Å². The number of ether oxygens (including phenoxy) is 1. The molecule has 1 aromatic carbocycles. The third-order valence-corrected chi connectivity index (χ3v) is 4.44. The molecule has 0 radical (unpaired) electrons. The molecular weight excluding hydrogens is 318 g/mol. The fourth-order valence-electron chi connectivity index (χ4n) is 3.10. The molecule has 3 rings (SSSR count). The monoisotopic (exact) mass is 341 g/mol. The molecule has 1 aliphatic rings. The Morgan fingerprint density at radius 1 is 1.24 bits per heavy atom. The third-order valence-electron chi connectivity index (χ3n) is 4.44. The van der Waals surface area contributed by atoms with Crippen molar-refractivity contribution in [1.82, 2.24) is 15.3 Å². The Morgan fingerprint density at radius 3 is 2.64 bits per heavy atom. The molecule has 1 aliphatic heterocycles. The standard InChI is InChI=1S/C19H23N3O3/c1-13-18(25-12-15-5-3-2-4-6-15)17(19(23)24)22-16(21-13)11-14-7-9-20-10-8-14/h2-6,14,20H,7-12H2,1H3,(H,23,24). The van der Waals surface area contributed by atoms with Gasteiger partial charge in [-0.2, -0.15) is 0 Å². The summed E-state index contributed by atoms with van der Waals surface area (Å²) in [5, 5.41) is 12.9. The second-order valence-corrected chi connectivity index (χ2v) is 6.38. The molecule has 2 heterocycles. The van der Waals surface area contributed by atoms with E-state index in [1.54, 1.807) is 6.92 Å². The first-order valence-electron chi connectivity index (χ1n) is 8.61. The Labute approximate surface area is 147 Å². The van der Waals surface area contributed by atoms with Crippen LogP contribution in [-0.2, 0) is 13.0 Å². The predicted octanol–water partition coefficient (Wildman–Crippen LogP) is 2.60. The number of carboxylic acid groups (broad SMARTS) is 1. The molecule has 2 N–H and O–H groups in total. The van der Waals surface area contributed by atoms with Crippen molar-refractivity contribution in [3.63, 3.8) is 0 Å². The van der Waals surface area contributed by atoms with E-state index in [-0.39, 0.29) is 11.4 Å². The third kappa shape index (κ3) is 4.54. The van der Waals surface area contributed by atoms with Gasteiger partial charge in [0.25, 0.3) is 0 Å². The molecule has 0 saturated carbocycles. The van der Waals surface area contributed by atoms with Crippen LogP contribution < -0.4 is 10.1 Å². The number of piperidine rings is 1. The number of nitrogens with one attached hydrogen (secondary N) is 1. The predicted molar refractivity (Wildman–Crippen MR) is 93.8 cm³/mol. The molecule has 0 atom stereocenters. The van der Waals surface area contributed by atoms with Crippen LogP contribution in [0.4, 0.5) is 0 Å². The number of hydrogen-bond donors (Lipinski definition) is 2. The summed E-state index contributed by atoms with van der Waals surface area (Å²) in [5.74, 6) is 0.262. The number of rotatable bonds is 6. The largest absolute Gasteiger partial charge is 0.484 e. The average Bonchev–Trinajstić information content (AvgIpc) is 2.62. The van der Waals surface area contributed by atoms with Crippen molar-refractivity contribution in [2.24, 2.45) is 5.92 Å². The summed E-state index contributed by atoms with van der Waals surface area (Å²) in [6, 6.07) is 9.63. The normalized spacial score (nSPS) is 15.1. The highest BCUT2D eigenvalue weighted by atomic mass is 16.5.